The summed E-state index contributed by atoms with van der Waals surface area (Å²) in [6.45, 7) is 0. The largest absolute Gasteiger partial charge is 0.508 e. The molecule has 0 aromatic heterocycles. The minimum absolute atomic E-state index is 0.187. The van der Waals surface area contributed by atoms with Crippen LogP contribution in [0.4, 0.5) is 0 Å². The van der Waals surface area contributed by atoms with Gasteiger partial charge in [0, 0.05) is 22.1 Å². The highest BCUT2D eigenvalue weighted by Crippen LogP contribution is 2.33. The van der Waals surface area contributed by atoms with Gasteiger partial charge in [-0.2, -0.15) is 0 Å². The zero-order valence-electron chi connectivity index (χ0n) is 10.2. The lowest BCUT2D eigenvalue weighted by atomic mass is 10.1. The molecule has 1 aliphatic heterocycles. The number of ether oxygens (including phenoxy) is 1. The molecule has 0 amide bonds. The number of thioether (sulfide) groups is 1. The molecule has 1 N–H and O–H groups in total. The van der Waals surface area contributed by atoms with Crippen molar-refractivity contribution < 1.29 is 9.84 Å². The molecule has 2 aromatic rings. The molecular weight excluding hydrogens is 280 g/mol. The number of phenols is 1. The Labute approximate surface area is 121 Å². The van der Waals surface area contributed by atoms with E-state index in [2.05, 4.69) is 0 Å². The average molecular weight is 293 g/mol. The van der Waals surface area contributed by atoms with Gasteiger partial charge in [0.15, 0.2) is 0 Å². The van der Waals surface area contributed by atoms with Crippen LogP contribution in [0.1, 0.15) is 5.56 Å². The van der Waals surface area contributed by atoms with Gasteiger partial charge in [0.05, 0.1) is 0 Å². The summed E-state index contributed by atoms with van der Waals surface area (Å²) >= 11 is 7.71. The van der Waals surface area contributed by atoms with Crippen molar-refractivity contribution in [3.63, 3.8) is 0 Å². The lowest BCUT2D eigenvalue weighted by Crippen LogP contribution is -2.15. The highest BCUT2D eigenvalue weighted by atomic mass is 35.5. The third kappa shape index (κ3) is 2.99. The summed E-state index contributed by atoms with van der Waals surface area (Å²) in [5.74, 6) is 2.13. The van der Waals surface area contributed by atoms with Gasteiger partial charge in [-0.05, 0) is 48.0 Å². The van der Waals surface area contributed by atoms with Gasteiger partial charge in [-0.25, -0.2) is 0 Å². The normalized spacial score (nSPS) is 17.0. The van der Waals surface area contributed by atoms with Crippen LogP contribution in [-0.2, 0) is 6.42 Å². The summed E-state index contributed by atoms with van der Waals surface area (Å²) in [5.41, 5.74) is 1.18. The first-order chi connectivity index (χ1) is 9.20. The topological polar surface area (TPSA) is 29.5 Å². The smallest absolute Gasteiger partial charge is 0.123 e. The fourth-order valence-electron chi connectivity index (χ4n) is 2.11. The Morgan fingerprint density at radius 3 is 2.79 bits per heavy atom. The highest BCUT2D eigenvalue weighted by molar-refractivity contribution is 7.99. The number of hydrogen-bond acceptors (Lipinski definition) is 3. The Bertz CT molecular complexity index is 583. The summed E-state index contributed by atoms with van der Waals surface area (Å²) in [4.78, 5) is 1.13. The quantitative estimate of drug-likeness (QED) is 0.862. The summed E-state index contributed by atoms with van der Waals surface area (Å²) < 4.78 is 5.88. The molecular formula is C15H13ClO2S. The minimum atomic E-state index is 0.187. The Morgan fingerprint density at radius 1 is 1.21 bits per heavy atom. The molecule has 2 nitrogen and oxygen atoms in total. The van der Waals surface area contributed by atoms with Gasteiger partial charge in [-0.15, -0.1) is 11.8 Å². The molecule has 0 saturated carbocycles. The molecule has 1 atom stereocenters. The fourth-order valence-corrected chi connectivity index (χ4v) is 3.20. The molecule has 0 aliphatic carbocycles. The van der Waals surface area contributed by atoms with Gasteiger partial charge in [0.25, 0.3) is 0 Å². The first kappa shape index (κ1) is 12.7. The highest BCUT2D eigenvalue weighted by Gasteiger charge is 2.22. The number of aromatic hydroxyl groups is 1. The molecule has 4 heteroatoms. The lowest BCUT2D eigenvalue weighted by Gasteiger charge is -2.10. The monoisotopic (exact) mass is 292 g/mol. The van der Waals surface area contributed by atoms with Crippen molar-refractivity contribution in [3.8, 4) is 11.5 Å². The van der Waals surface area contributed by atoms with Crippen molar-refractivity contribution in [1.82, 2.24) is 0 Å². The van der Waals surface area contributed by atoms with Crippen LogP contribution >= 0.6 is 23.4 Å². The van der Waals surface area contributed by atoms with Crippen LogP contribution in [0.25, 0.3) is 0 Å². The molecule has 3 rings (SSSR count). The van der Waals surface area contributed by atoms with E-state index in [1.807, 2.05) is 30.3 Å². The molecule has 1 unspecified atom stereocenters. The van der Waals surface area contributed by atoms with Crippen LogP contribution in [0.2, 0.25) is 5.02 Å². The molecule has 98 valence electrons. The van der Waals surface area contributed by atoms with Gasteiger partial charge in [0.2, 0.25) is 0 Å². The Hall–Kier alpha value is -1.32. The Kier molecular flexibility index (Phi) is 3.58. The van der Waals surface area contributed by atoms with Crippen LogP contribution < -0.4 is 4.74 Å². The van der Waals surface area contributed by atoms with Gasteiger partial charge < -0.3 is 9.84 Å². The van der Waals surface area contributed by atoms with E-state index in [-0.39, 0.29) is 6.10 Å². The molecule has 0 bridgehead atoms. The lowest BCUT2D eigenvalue weighted by molar-refractivity contribution is 0.259. The van der Waals surface area contributed by atoms with Crippen LogP contribution in [0, 0.1) is 0 Å². The maximum Gasteiger partial charge on any atom is 0.123 e. The maximum atomic E-state index is 9.23. The summed E-state index contributed by atoms with van der Waals surface area (Å²) in [5, 5.41) is 9.99. The predicted molar refractivity (Wildman–Crippen MR) is 78.4 cm³/mol. The second kappa shape index (κ2) is 5.35. The zero-order chi connectivity index (χ0) is 13.2. The molecule has 0 saturated heterocycles. The van der Waals surface area contributed by atoms with E-state index >= 15 is 0 Å². The third-order valence-electron chi connectivity index (χ3n) is 3.04. The molecule has 1 heterocycles. The van der Waals surface area contributed by atoms with E-state index in [1.165, 1.54) is 5.56 Å². The first-order valence-corrected chi connectivity index (χ1v) is 7.44. The van der Waals surface area contributed by atoms with Crippen molar-refractivity contribution >= 4 is 23.4 Å². The van der Waals surface area contributed by atoms with Gasteiger partial charge in [0.1, 0.15) is 17.6 Å². The Balaban J connectivity index is 1.60. The van der Waals surface area contributed by atoms with Gasteiger partial charge >= 0.3 is 0 Å². The van der Waals surface area contributed by atoms with E-state index in [0.717, 1.165) is 27.8 Å². The second-order valence-electron chi connectivity index (χ2n) is 4.50. The standard InChI is InChI=1S/C15H13ClO2S/c16-11-1-6-15-10(7-11)8-13(18-15)9-19-14-4-2-12(17)3-5-14/h1-7,13,17H,8-9H2. The molecule has 1 aliphatic rings. The zero-order valence-corrected chi connectivity index (χ0v) is 11.7. The number of benzene rings is 2. The van der Waals surface area contributed by atoms with Crippen molar-refractivity contribution in [2.45, 2.75) is 17.4 Å². The third-order valence-corrected chi connectivity index (χ3v) is 4.42. The summed E-state index contributed by atoms with van der Waals surface area (Å²) in [6, 6.07) is 13.0. The molecule has 0 fully saturated rings. The van der Waals surface area contributed by atoms with Crippen LogP contribution in [0.3, 0.4) is 0 Å². The molecule has 0 radical (unpaired) electrons. The van der Waals surface area contributed by atoms with Crippen LogP contribution in [0.5, 0.6) is 11.5 Å². The molecule has 2 aromatic carbocycles. The van der Waals surface area contributed by atoms with Gasteiger partial charge in [-0.1, -0.05) is 11.6 Å². The summed E-state index contributed by atoms with van der Waals surface area (Å²) in [6.07, 6.45) is 1.09. The number of fused-ring (bicyclic) bond motifs is 1. The summed E-state index contributed by atoms with van der Waals surface area (Å²) in [7, 11) is 0. The Morgan fingerprint density at radius 2 is 2.00 bits per heavy atom. The second-order valence-corrected chi connectivity index (χ2v) is 6.03. The number of hydrogen-bond donors (Lipinski definition) is 1. The number of phenolic OH excluding ortho intramolecular Hbond substituents is 1. The van der Waals surface area contributed by atoms with E-state index in [1.54, 1.807) is 23.9 Å². The van der Waals surface area contributed by atoms with E-state index in [4.69, 9.17) is 16.3 Å². The van der Waals surface area contributed by atoms with Crippen molar-refractivity contribution in [3.05, 3.63) is 53.1 Å². The first-order valence-electron chi connectivity index (χ1n) is 6.07. The fraction of sp³-hybridized carbons (Fsp3) is 0.200. The SMILES string of the molecule is Oc1ccc(SCC2Cc3cc(Cl)ccc3O2)cc1. The van der Waals surface area contributed by atoms with E-state index < -0.39 is 0 Å². The van der Waals surface area contributed by atoms with Gasteiger partial charge in [-0.3, -0.25) is 0 Å². The molecule has 19 heavy (non-hydrogen) atoms. The maximum absolute atomic E-state index is 9.23. The van der Waals surface area contributed by atoms with Crippen molar-refractivity contribution in [2.75, 3.05) is 5.75 Å². The number of halogens is 1. The van der Waals surface area contributed by atoms with Crippen molar-refractivity contribution in [1.29, 1.82) is 0 Å². The van der Waals surface area contributed by atoms with Crippen LogP contribution in [-0.4, -0.2) is 17.0 Å². The van der Waals surface area contributed by atoms with E-state index in [9.17, 15) is 5.11 Å². The predicted octanol–water partition coefficient (Wildman–Crippen LogP) is 4.14. The van der Waals surface area contributed by atoms with Crippen LogP contribution in [0.15, 0.2) is 47.4 Å². The molecule has 0 spiro atoms. The number of rotatable bonds is 3. The minimum Gasteiger partial charge on any atom is -0.508 e. The van der Waals surface area contributed by atoms with E-state index in [0.29, 0.717) is 5.75 Å². The van der Waals surface area contributed by atoms with Crippen molar-refractivity contribution in [2.24, 2.45) is 0 Å². The average Bonchev–Trinajstić information content (AvgIpc) is 2.80.